The minimum Gasteiger partial charge on any atom is -0.344 e. The Hall–Kier alpha value is -1.46. The third kappa shape index (κ3) is 2.63. The van der Waals surface area contributed by atoms with Gasteiger partial charge < -0.3 is 9.80 Å². The molecule has 3 rings (SSSR count). The molecule has 1 aliphatic rings. The maximum Gasteiger partial charge on any atom is 0.263 e. The molecular formula is C17H23N3OS. The molecule has 1 atom stereocenters. The molecule has 0 radical (unpaired) electrons. The largest absolute Gasteiger partial charge is 0.344 e. The SMILES string of the molecule is CC(C)N1CC[C@@H](c2c(C(=O)N(C)C)sc3ncccc23)C1. The Kier molecular flexibility index (Phi) is 4.19. The highest BCUT2D eigenvalue weighted by molar-refractivity contribution is 7.20. The Labute approximate surface area is 135 Å². The van der Waals surface area contributed by atoms with Gasteiger partial charge in [0.2, 0.25) is 0 Å². The molecule has 22 heavy (non-hydrogen) atoms. The molecule has 1 saturated heterocycles. The summed E-state index contributed by atoms with van der Waals surface area (Å²) in [5.41, 5.74) is 1.22. The lowest BCUT2D eigenvalue weighted by atomic mass is 9.95. The van der Waals surface area contributed by atoms with Gasteiger partial charge >= 0.3 is 0 Å². The van der Waals surface area contributed by atoms with E-state index < -0.39 is 0 Å². The van der Waals surface area contributed by atoms with Crippen molar-refractivity contribution in [1.29, 1.82) is 0 Å². The van der Waals surface area contributed by atoms with Crippen molar-refractivity contribution in [2.24, 2.45) is 0 Å². The Morgan fingerprint density at radius 3 is 2.86 bits per heavy atom. The Morgan fingerprint density at radius 1 is 1.45 bits per heavy atom. The molecule has 0 aliphatic carbocycles. The summed E-state index contributed by atoms with van der Waals surface area (Å²) < 4.78 is 0. The number of hydrogen-bond acceptors (Lipinski definition) is 4. The number of nitrogens with zero attached hydrogens (tertiary/aromatic N) is 3. The predicted octanol–water partition coefficient (Wildman–Crippen LogP) is 3.20. The quantitative estimate of drug-likeness (QED) is 0.872. The number of carbonyl (C=O) groups excluding carboxylic acids is 1. The normalized spacial score (nSPS) is 19.2. The van der Waals surface area contributed by atoms with Crippen LogP contribution in [0.4, 0.5) is 0 Å². The number of rotatable bonds is 3. The number of pyridine rings is 1. The van der Waals surface area contributed by atoms with Crippen molar-refractivity contribution >= 4 is 27.5 Å². The Bertz CT molecular complexity index is 692. The third-order valence-corrected chi connectivity index (χ3v) is 5.58. The van der Waals surface area contributed by atoms with Crippen LogP contribution in [0.3, 0.4) is 0 Å². The first-order valence-electron chi connectivity index (χ1n) is 7.82. The minimum absolute atomic E-state index is 0.0981. The van der Waals surface area contributed by atoms with Crippen LogP contribution in [0.1, 0.15) is 41.4 Å². The van der Waals surface area contributed by atoms with Crippen LogP contribution in [0.5, 0.6) is 0 Å². The van der Waals surface area contributed by atoms with Crippen LogP contribution >= 0.6 is 11.3 Å². The molecule has 1 fully saturated rings. The van der Waals surface area contributed by atoms with Gasteiger partial charge in [-0.05, 0) is 38.4 Å². The van der Waals surface area contributed by atoms with E-state index in [4.69, 9.17) is 0 Å². The molecule has 2 aromatic heterocycles. The summed E-state index contributed by atoms with van der Waals surface area (Å²) in [6.07, 6.45) is 2.92. The van der Waals surface area contributed by atoms with Gasteiger partial charge in [-0.15, -0.1) is 11.3 Å². The van der Waals surface area contributed by atoms with Gasteiger partial charge in [0, 0.05) is 44.2 Å². The van der Waals surface area contributed by atoms with Crippen molar-refractivity contribution in [1.82, 2.24) is 14.8 Å². The van der Waals surface area contributed by atoms with Gasteiger partial charge in [0.25, 0.3) is 5.91 Å². The van der Waals surface area contributed by atoms with E-state index >= 15 is 0 Å². The molecule has 0 aromatic carbocycles. The van der Waals surface area contributed by atoms with Gasteiger partial charge in [-0.3, -0.25) is 4.79 Å². The molecule has 0 N–H and O–H groups in total. The Balaban J connectivity index is 2.07. The molecule has 0 saturated carbocycles. The summed E-state index contributed by atoms with van der Waals surface area (Å²) in [5, 5.41) is 1.16. The van der Waals surface area contributed by atoms with E-state index in [2.05, 4.69) is 29.8 Å². The summed E-state index contributed by atoms with van der Waals surface area (Å²) in [7, 11) is 3.64. The summed E-state index contributed by atoms with van der Waals surface area (Å²) in [6, 6.07) is 4.64. The van der Waals surface area contributed by atoms with Crippen molar-refractivity contribution in [3.8, 4) is 0 Å². The monoisotopic (exact) mass is 317 g/mol. The zero-order valence-corrected chi connectivity index (χ0v) is 14.5. The van der Waals surface area contributed by atoms with Crippen molar-refractivity contribution in [3.05, 3.63) is 28.8 Å². The fourth-order valence-electron chi connectivity index (χ4n) is 3.21. The van der Waals surface area contributed by atoms with E-state index in [9.17, 15) is 4.79 Å². The molecule has 118 valence electrons. The first kappa shape index (κ1) is 15.4. The highest BCUT2D eigenvalue weighted by Gasteiger charge is 2.32. The fourth-order valence-corrected chi connectivity index (χ4v) is 4.46. The highest BCUT2D eigenvalue weighted by Crippen LogP contribution is 2.40. The second-order valence-electron chi connectivity index (χ2n) is 6.47. The van der Waals surface area contributed by atoms with Gasteiger partial charge in [-0.2, -0.15) is 0 Å². The van der Waals surface area contributed by atoms with Crippen LogP contribution in [0.25, 0.3) is 10.2 Å². The molecule has 1 amide bonds. The van der Waals surface area contributed by atoms with E-state index in [0.29, 0.717) is 12.0 Å². The van der Waals surface area contributed by atoms with E-state index in [-0.39, 0.29) is 5.91 Å². The van der Waals surface area contributed by atoms with Crippen LogP contribution in [-0.4, -0.2) is 53.9 Å². The van der Waals surface area contributed by atoms with Crippen LogP contribution in [0.2, 0.25) is 0 Å². The van der Waals surface area contributed by atoms with E-state index in [0.717, 1.165) is 34.6 Å². The molecule has 5 heteroatoms. The van der Waals surface area contributed by atoms with E-state index in [1.54, 1.807) is 4.90 Å². The average molecular weight is 317 g/mol. The second kappa shape index (κ2) is 5.97. The number of aromatic nitrogens is 1. The number of fused-ring (bicyclic) bond motifs is 1. The lowest BCUT2D eigenvalue weighted by Crippen LogP contribution is -2.28. The first-order chi connectivity index (χ1) is 10.5. The zero-order valence-electron chi connectivity index (χ0n) is 13.7. The van der Waals surface area contributed by atoms with Gasteiger partial charge in [-0.25, -0.2) is 4.98 Å². The topological polar surface area (TPSA) is 36.4 Å². The first-order valence-corrected chi connectivity index (χ1v) is 8.63. The zero-order chi connectivity index (χ0) is 15.9. The predicted molar refractivity (Wildman–Crippen MR) is 91.7 cm³/mol. The summed E-state index contributed by atoms with van der Waals surface area (Å²) in [5.74, 6) is 0.528. The van der Waals surface area contributed by atoms with Gasteiger partial charge in [0.05, 0.1) is 4.88 Å². The maximum absolute atomic E-state index is 12.6. The lowest BCUT2D eigenvalue weighted by Gasteiger charge is -2.20. The summed E-state index contributed by atoms with van der Waals surface area (Å²) in [4.78, 5) is 23.1. The molecule has 1 aliphatic heterocycles. The maximum atomic E-state index is 12.6. The fraction of sp³-hybridized carbons (Fsp3) is 0.529. The average Bonchev–Trinajstić information content (AvgIpc) is 3.10. The van der Waals surface area contributed by atoms with Crippen molar-refractivity contribution in [3.63, 3.8) is 0 Å². The lowest BCUT2D eigenvalue weighted by molar-refractivity contribution is 0.0831. The third-order valence-electron chi connectivity index (χ3n) is 4.46. The number of thiophene rings is 1. The number of amides is 1. The number of likely N-dealkylation sites (tertiary alicyclic amines) is 1. The van der Waals surface area contributed by atoms with Gasteiger partial charge in [-0.1, -0.05) is 6.07 Å². The molecule has 0 spiro atoms. The van der Waals surface area contributed by atoms with Crippen LogP contribution in [0, 0.1) is 0 Å². The molecule has 0 bridgehead atoms. The molecule has 0 unspecified atom stereocenters. The summed E-state index contributed by atoms with van der Waals surface area (Å²) >= 11 is 1.54. The molecule has 3 heterocycles. The Morgan fingerprint density at radius 2 is 2.23 bits per heavy atom. The van der Waals surface area contributed by atoms with E-state index in [1.807, 2.05) is 26.4 Å². The summed E-state index contributed by atoms with van der Waals surface area (Å²) in [6.45, 7) is 6.62. The minimum atomic E-state index is 0.0981. The molecular weight excluding hydrogens is 294 g/mol. The van der Waals surface area contributed by atoms with Crippen LogP contribution in [0.15, 0.2) is 18.3 Å². The van der Waals surface area contributed by atoms with E-state index in [1.165, 1.54) is 16.9 Å². The van der Waals surface area contributed by atoms with Crippen LogP contribution < -0.4 is 0 Å². The highest BCUT2D eigenvalue weighted by atomic mass is 32.1. The molecule has 4 nitrogen and oxygen atoms in total. The second-order valence-corrected chi connectivity index (χ2v) is 7.47. The molecule has 2 aromatic rings. The standard InChI is InChI=1S/C17H23N3OS/c1-11(2)20-9-7-12(10-20)14-13-6-5-8-18-16(13)22-15(14)17(21)19(3)4/h5-6,8,11-12H,7,9-10H2,1-4H3/t12-/m1/s1. The number of carbonyl (C=O) groups is 1. The van der Waals surface area contributed by atoms with Gasteiger partial charge in [0.1, 0.15) is 4.83 Å². The van der Waals surface area contributed by atoms with Crippen molar-refractivity contribution < 1.29 is 4.79 Å². The van der Waals surface area contributed by atoms with Crippen molar-refractivity contribution in [2.75, 3.05) is 27.2 Å². The van der Waals surface area contributed by atoms with Crippen molar-refractivity contribution in [2.45, 2.75) is 32.2 Å². The van der Waals surface area contributed by atoms with Gasteiger partial charge in [0.15, 0.2) is 0 Å². The number of hydrogen-bond donors (Lipinski definition) is 0. The smallest absolute Gasteiger partial charge is 0.263 e. The van der Waals surface area contributed by atoms with Crippen LogP contribution in [-0.2, 0) is 0 Å².